The number of carbonyl (C=O) groups is 1. The van der Waals surface area contributed by atoms with Crippen LogP contribution >= 0.6 is 11.8 Å². The Labute approximate surface area is 100 Å². The second kappa shape index (κ2) is 4.91. The molecule has 0 aromatic heterocycles. The quantitative estimate of drug-likeness (QED) is 0.875. The molecule has 2 rings (SSSR count). The van der Waals surface area contributed by atoms with Gasteiger partial charge in [-0.1, -0.05) is 23.8 Å². The highest BCUT2D eigenvalue weighted by atomic mass is 32.2. The molecule has 1 aliphatic rings. The average Bonchev–Trinajstić information content (AvgIpc) is 2.26. The summed E-state index contributed by atoms with van der Waals surface area (Å²) in [5.41, 5.74) is 4.03. The van der Waals surface area contributed by atoms with E-state index in [4.69, 9.17) is 5.11 Å². The molecule has 2 nitrogen and oxygen atoms in total. The molecular formula is C13H16O2S. The van der Waals surface area contributed by atoms with Crippen molar-refractivity contribution < 1.29 is 9.90 Å². The maximum absolute atomic E-state index is 10.6. The first kappa shape index (κ1) is 11.5. The predicted octanol–water partition coefficient (Wildman–Crippen LogP) is 3.19. The van der Waals surface area contributed by atoms with E-state index >= 15 is 0 Å². The van der Waals surface area contributed by atoms with E-state index in [9.17, 15) is 4.79 Å². The van der Waals surface area contributed by atoms with E-state index in [1.807, 2.05) is 0 Å². The lowest BCUT2D eigenvalue weighted by Gasteiger charge is -2.25. The van der Waals surface area contributed by atoms with Crippen LogP contribution < -0.4 is 0 Å². The molecule has 0 amide bonds. The van der Waals surface area contributed by atoms with Gasteiger partial charge in [0.2, 0.25) is 0 Å². The topological polar surface area (TPSA) is 37.3 Å². The fourth-order valence-electron chi connectivity index (χ4n) is 2.22. The molecule has 0 spiro atoms. The van der Waals surface area contributed by atoms with E-state index in [1.54, 1.807) is 11.8 Å². The molecule has 3 heteroatoms. The number of fused-ring (bicyclic) bond motifs is 1. The number of hydrogen-bond donors (Lipinski definition) is 1. The zero-order chi connectivity index (χ0) is 11.5. The van der Waals surface area contributed by atoms with Gasteiger partial charge in [0.15, 0.2) is 0 Å². The fraction of sp³-hybridized carbons (Fsp3) is 0.462. The molecule has 1 N–H and O–H groups in total. The summed E-state index contributed by atoms with van der Waals surface area (Å²) >= 11 is 1.56. The van der Waals surface area contributed by atoms with Crippen LogP contribution in [0.25, 0.3) is 0 Å². The molecule has 0 heterocycles. The molecular weight excluding hydrogens is 220 g/mol. The van der Waals surface area contributed by atoms with Crippen molar-refractivity contribution in [2.75, 3.05) is 5.75 Å². The Morgan fingerprint density at radius 3 is 3.12 bits per heavy atom. The van der Waals surface area contributed by atoms with Gasteiger partial charge in [-0.25, -0.2) is 0 Å². The standard InChI is InChI=1S/C13H16O2S/c1-9-5-6-10-3-2-4-12(11(10)7-9)16-8-13(14)15/h5-7,12H,2-4,8H2,1H3,(H,14,15). The van der Waals surface area contributed by atoms with Crippen LogP contribution in [0.3, 0.4) is 0 Å². The Balaban J connectivity index is 2.18. The molecule has 16 heavy (non-hydrogen) atoms. The van der Waals surface area contributed by atoms with Gasteiger partial charge in [-0.15, -0.1) is 11.8 Å². The van der Waals surface area contributed by atoms with Crippen LogP contribution in [0.1, 0.15) is 34.8 Å². The van der Waals surface area contributed by atoms with Crippen LogP contribution in [-0.2, 0) is 11.2 Å². The summed E-state index contributed by atoms with van der Waals surface area (Å²) in [6.07, 6.45) is 3.42. The van der Waals surface area contributed by atoms with E-state index in [2.05, 4.69) is 25.1 Å². The molecule has 0 saturated heterocycles. The van der Waals surface area contributed by atoms with Crippen LogP contribution in [-0.4, -0.2) is 16.8 Å². The van der Waals surface area contributed by atoms with Crippen molar-refractivity contribution in [2.24, 2.45) is 0 Å². The largest absolute Gasteiger partial charge is 0.481 e. The van der Waals surface area contributed by atoms with Crippen molar-refractivity contribution in [1.82, 2.24) is 0 Å². The van der Waals surface area contributed by atoms with Crippen molar-refractivity contribution in [3.8, 4) is 0 Å². The van der Waals surface area contributed by atoms with Crippen molar-refractivity contribution in [1.29, 1.82) is 0 Å². The second-order valence-electron chi connectivity index (χ2n) is 4.29. The molecule has 1 aromatic carbocycles. The van der Waals surface area contributed by atoms with Crippen molar-refractivity contribution in [2.45, 2.75) is 31.4 Å². The molecule has 1 aromatic rings. The van der Waals surface area contributed by atoms with Crippen molar-refractivity contribution in [3.05, 3.63) is 34.9 Å². The third-order valence-electron chi connectivity index (χ3n) is 2.97. The molecule has 1 atom stereocenters. The average molecular weight is 236 g/mol. The van der Waals surface area contributed by atoms with Crippen LogP contribution in [0.4, 0.5) is 0 Å². The zero-order valence-electron chi connectivity index (χ0n) is 9.40. The predicted molar refractivity (Wildman–Crippen MR) is 67.0 cm³/mol. The van der Waals surface area contributed by atoms with Crippen LogP contribution in [0.5, 0.6) is 0 Å². The summed E-state index contributed by atoms with van der Waals surface area (Å²) in [7, 11) is 0. The number of benzene rings is 1. The highest BCUT2D eigenvalue weighted by Gasteiger charge is 2.21. The molecule has 0 bridgehead atoms. The Morgan fingerprint density at radius 2 is 2.38 bits per heavy atom. The Bertz CT molecular complexity index is 401. The highest BCUT2D eigenvalue weighted by molar-refractivity contribution is 8.00. The lowest BCUT2D eigenvalue weighted by atomic mass is 9.90. The summed E-state index contributed by atoms with van der Waals surface area (Å²) < 4.78 is 0. The lowest BCUT2D eigenvalue weighted by Crippen LogP contribution is -2.10. The molecule has 0 saturated carbocycles. The summed E-state index contributed by atoms with van der Waals surface area (Å²) in [5.74, 6) is -0.511. The van der Waals surface area contributed by atoms with E-state index in [0.717, 1.165) is 12.8 Å². The van der Waals surface area contributed by atoms with Crippen LogP contribution in [0, 0.1) is 6.92 Å². The number of aryl methyl sites for hydroxylation is 2. The third-order valence-corrected chi connectivity index (χ3v) is 4.27. The lowest BCUT2D eigenvalue weighted by molar-refractivity contribution is -0.133. The minimum Gasteiger partial charge on any atom is -0.481 e. The second-order valence-corrected chi connectivity index (χ2v) is 5.48. The number of hydrogen-bond acceptors (Lipinski definition) is 2. The number of thioether (sulfide) groups is 1. The Hall–Kier alpha value is -0.960. The van der Waals surface area contributed by atoms with E-state index in [-0.39, 0.29) is 5.75 Å². The van der Waals surface area contributed by atoms with Gasteiger partial charge in [0.1, 0.15) is 0 Å². The summed E-state index contributed by atoms with van der Waals surface area (Å²) in [6.45, 7) is 2.09. The fourth-order valence-corrected chi connectivity index (χ4v) is 3.30. The number of carboxylic acids is 1. The first-order valence-corrected chi connectivity index (χ1v) is 6.64. The normalized spacial score (nSPS) is 19.2. The summed E-state index contributed by atoms with van der Waals surface area (Å²) in [6, 6.07) is 6.55. The molecule has 0 aliphatic heterocycles. The first-order valence-electron chi connectivity index (χ1n) is 5.59. The maximum atomic E-state index is 10.6. The molecule has 86 valence electrons. The van der Waals surface area contributed by atoms with Gasteiger partial charge < -0.3 is 5.11 Å². The highest BCUT2D eigenvalue weighted by Crippen LogP contribution is 2.39. The van der Waals surface area contributed by atoms with Gasteiger partial charge in [0, 0.05) is 5.25 Å². The third kappa shape index (κ3) is 2.59. The Morgan fingerprint density at radius 1 is 1.56 bits per heavy atom. The Kier molecular flexibility index (Phi) is 3.54. The number of carboxylic acid groups (broad SMARTS) is 1. The van der Waals surface area contributed by atoms with Crippen LogP contribution in [0.15, 0.2) is 18.2 Å². The zero-order valence-corrected chi connectivity index (χ0v) is 10.2. The molecule has 0 fully saturated rings. The van der Waals surface area contributed by atoms with E-state index in [0.29, 0.717) is 5.25 Å². The van der Waals surface area contributed by atoms with Gasteiger partial charge in [-0.3, -0.25) is 4.79 Å². The minimum atomic E-state index is -0.718. The first-order chi connectivity index (χ1) is 7.66. The summed E-state index contributed by atoms with van der Waals surface area (Å²) in [4.78, 5) is 10.6. The monoisotopic (exact) mass is 236 g/mol. The van der Waals surface area contributed by atoms with Gasteiger partial charge in [0.05, 0.1) is 5.75 Å². The summed E-state index contributed by atoms with van der Waals surface area (Å²) in [5, 5.41) is 9.10. The van der Waals surface area contributed by atoms with E-state index in [1.165, 1.54) is 23.1 Å². The van der Waals surface area contributed by atoms with Gasteiger partial charge in [-0.2, -0.15) is 0 Å². The maximum Gasteiger partial charge on any atom is 0.313 e. The number of aliphatic carboxylic acids is 1. The molecule has 1 aliphatic carbocycles. The van der Waals surface area contributed by atoms with Gasteiger partial charge in [-0.05, 0) is 37.3 Å². The smallest absolute Gasteiger partial charge is 0.313 e. The minimum absolute atomic E-state index is 0.206. The molecule has 0 radical (unpaired) electrons. The van der Waals surface area contributed by atoms with Gasteiger partial charge >= 0.3 is 5.97 Å². The molecule has 1 unspecified atom stereocenters. The van der Waals surface area contributed by atoms with Gasteiger partial charge in [0.25, 0.3) is 0 Å². The van der Waals surface area contributed by atoms with E-state index < -0.39 is 5.97 Å². The van der Waals surface area contributed by atoms with Crippen molar-refractivity contribution in [3.63, 3.8) is 0 Å². The van der Waals surface area contributed by atoms with Crippen LogP contribution in [0.2, 0.25) is 0 Å². The SMILES string of the molecule is Cc1ccc2c(c1)C(SCC(=O)O)CCC2. The number of rotatable bonds is 3. The van der Waals surface area contributed by atoms with Crippen molar-refractivity contribution >= 4 is 17.7 Å².